The quantitative estimate of drug-likeness (QED) is 0.858. The maximum Gasteiger partial charge on any atom is 0.239 e. The first-order valence-electron chi connectivity index (χ1n) is 10.1. The maximum absolute atomic E-state index is 12.8. The second-order valence-corrected chi connectivity index (χ2v) is 7.91. The monoisotopic (exact) mass is 372 g/mol. The first-order valence-corrected chi connectivity index (χ1v) is 10.1. The molecular formula is C21H32N4O2. The predicted octanol–water partition coefficient (Wildman–Crippen LogP) is 1.89. The van der Waals surface area contributed by atoms with Crippen molar-refractivity contribution < 1.29 is 9.59 Å². The van der Waals surface area contributed by atoms with Crippen LogP contribution in [0, 0.1) is 5.92 Å². The van der Waals surface area contributed by atoms with Crippen molar-refractivity contribution in [1.29, 1.82) is 0 Å². The van der Waals surface area contributed by atoms with Gasteiger partial charge < -0.3 is 10.2 Å². The molecule has 1 unspecified atom stereocenters. The molecule has 1 aromatic rings. The number of piperidine rings is 1. The molecule has 27 heavy (non-hydrogen) atoms. The Balaban J connectivity index is 1.41. The highest BCUT2D eigenvalue weighted by Gasteiger charge is 2.30. The van der Waals surface area contributed by atoms with E-state index in [9.17, 15) is 9.59 Å². The minimum absolute atomic E-state index is 0.0150. The van der Waals surface area contributed by atoms with Gasteiger partial charge in [0, 0.05) is 45.0 Å². The highest BCUT2D eigenvalue weighted by atomic mass is 16.2. The van der Waals surface area contributed by atoms with E-state index in [1.807, 2.05) is 42.2 Å². The number of carbonyl (C=O) groups excluding carboxylic acids is 2. The van der Waals surface area contributed by atoms with Gasteiger partial charge in [-0.2, -0.15) is 0 Å². The summed E-state index contributed by atoms with van der Waals surface area (Å²) in [5.41, 5.74) is 0.830. The number of likely N-dealkylation sites (tertiary alicyclic amines) is 1. The number of nitrogens with one attached hydrogen (secondary N) is 1. The lowest BCUT2D eigenvalue weighted by molar-refractivity contribution is -0.138. The van der Waals surface area contributed by atoms with E-state index in [-0.39, 0.29) is 17.9 Å². The van der Waals surface area contributed by atoms with Crippen LogP contribution in [0.4, 0.5) is 5.69 Å². The van der Waals surface area contributed by atoms with Crippen molar-refractivity contribution >= 4 is 17.5 Å². The van der Waals surface area contributed by atoms with Crippen molar-refractivity contribution in [1.82, 2.24) is 14.7 Å². The average Bonchev–Trinajstić information content (AvgIpc) is 2.69. The molecule has 0 aromatic heterocycles. The summed E-state index contributed by atoms with van der Waals surface area (Å²) < 4.78 is 0. The van der Waals surface area contributed by atoms with Crippen molar-refractivity contribution in [3.63, 3.8) is 0 Å². The summed E-state index contributed by atoms with van der Waals surface area (Å²) in [6.45, 7) is 9.76. The molecule has 2 amide bonds. The van der Waals surface area contributed by atoms with Gasteiger partial charge in [0.25, 0.3) is 0 Å². The SMILES string of the molecule is CC1CCN(C(=O)C(C)N2CCN(CC(=O)Nc3ccccc3)CC2)CC1. The van der Waals surface area contributed by atoms with Gasteiger partial charge in [-0.3, -0.25) is 19.4 Å². The Hall–Kier alpha value is -1.92. The second-order valence-electron chi connectivity index (χ2n) is 7.91. The summed E-state index contributed by atoms with van der Waals surface area (Å²) in [4.78, 5) is 31.4. The first kappa shape index (κ1) is 19.8. The normalized spacial score (nSPS) is 21.0. The molecule has 0 bridgehead atoms. The highest BCUT2D eigenvalue weighted by Crippen LogP contribution is 2.18. The summed E-state index contributed by atoms with van der Waals surface area (Å²) in [6.07, 6.45) is 2.23. The van der Waals surface area contributed by atoms with Crippen LogP contribution in [0.15, 0.2) is 30.3 Å². The van der Waals surface area contributed by atoms with Crippen LogP contribution in [0.2, 0.25) is 0 Å². The Morgan fingerprint density at radius 2 is 1.67 bits per heavy atom. The van der Waals surface area contributed by atoms with E-state index in [2.05, 4.69) is 22.0 Å². The van der Waals surface area contributed by atoms with Crippen molar-refractivity contribution in [3.8, 4) is 0 Å². The smallest absolute Gasteiger partial charge is 0.239 e. The van der Waals surface area contributed by atoms with Crippen molar-refractivity contribution in [3.05, 3.63) is 30.3 Å². The topological polar surface area (TPSA) is 55.9 Å². The largest absolute Gasteiger partial charge is 0.341 e. The van der Waals surface area contributed by atoms with E-state index in [0.717, 1.165) is 63.7 Å². The Kier molecular flexibility index (Phi) is 6.85. The molecule has 1 aromatic carbocycles. The van der Waals surface area contributed by atoms with Gasteiger partial charge in [-0.25, -0.2) is 0 Å². The van der Waals surface area contributed by atoms with Gasteiger partial charge in [-0.15, -0.1) is 0 Å². The van der Waals surface area contributed by atoms with Crippen LogP contribution >= 0.6 is 0 Å². The maximum atomic E-state index is 12.8. The number of piperazine rings is 1. The average molecular weight is 373 g/mol. The van der Waals surface area contributed by atoms with Crippen LogP contribution in [-0.4, -0.2) is 78.4 Å². The van der Waals surface area contributed by atoms with Gasteiger partial charge >= 0.3 is 0 Å². The van der Waals surface area contributed by atoms with E-state index in [0.29, 0.717) is 6.54 Å². The van der Waals surface area contributed by atoms with Gasteiger partial charge in [0.2, 0.25) is 11.8 Å². The molecule has 2 heterocycles. The summed E-state index contributed by atoms with van der Waals surface area (Å²) in [5.74, 6) is 1.01. The fourth-order valence-corrected chi connectivity index (χ4v) is 3.88. The van der Waals surface area contributed by atoms with Crippen molar-refractivity contribution in [2.45, 2.75) is 32.7 Å². The fourth-order valence-electron chi connectivity index (χ4n) is 3.88. The number of rotatable bonds is 5. The number of amides is 2. The van der Waals surface area contributed by atoms with Gasteiger partial charge in [0.15, 0.2) is 0 Å². The molecule has 2 fully saturated rings. The third kappa shape index (κ3) is 5.53. The molecule has 1 atom stereocenters. The number of carbonyl (C=O) groups is 2. The molecule has 0 spiro atoms. The second kappa shape index (κ2) is 9.33. The number of para-hydroxylation sites is 1. The summed E-state index contributed by atoms with van der Waals surface area (Å²) in [5, 5.41) is 2.93. The lowest BCUT2D eigenvalue weighted by Crippen LogP contribution is -2.56. The van der Waals surface area contributed by atoms with E-state index in [1.54, 1.807) is 0 Å². The minimum atomic E-state index is -0.0706. The molecule has 3 rings (SSSR count). The number of hydrogen-bond donors (Lipinski definition) is 1. The van der Waals surface area contributed by atoms with Crippen LogP contribution in [-0.2, 0) is 9.59 Å². The molecule has 0 saturated carbocycles. The van der Waals surface area contributed by atoms with E-state index in [4.69, 9.17) is 0 Å². The summed E-state index contributed by atoms with van der Waals surface area (Å²) >= 11 is 0. The van der Waals surface area contributed by atoms with Crippen LogP contribution in [0.3, 0.4) is 0 Å². The van der Waals surface area contributed by atoms with Crippen molar-refractivity contribution in [2.24, 2.45) is 5.92 Å². The minimum Gasteiger partial charge on any atom is -0.341 e. The molecule has 0 radical (unpaired) electrons. The Morgan fingerprint density at radius 1 is 1.04 bits per heavy atom. The summed E-state index contributed by atoms with van der Waals surface area (Å²) in [7, 11) is 0. The van der Waals surface area contributed by atoms with E-state index in [1.165, 1.54) is 0 Å². The highest BCUT2D eigenvalue weighted by molar-refractivity contribution is 5.92. The molecule has 6 nitrogen and oxygen atoms in total. The van der Waals surface area contributed by atoms with Crippen LogP contribution in [0.5, 0.6) is 0 Å². The lowest BCUT2D eigenvalue weighted by Gasteiger charge is -2.40. The van der Waals surface area contributed by atoms with Crippen LogP contribution in [0.25, 0.3) is 0 Å². The van der Waals surface area contributed by atoms with Gasteiger partial charge in [-0.05, 0) is 37.8 Å². The zero-order chi connectivity index (χ0) is 19.2. The van der Waals surface area contributed by atoms with Crippen molar-refractivity contribution in [2.75, 3.05) is 51.1 Å². The molecule has 2 aliphatic rings. The molecule has 6 heteroatoms. The number of anilines is 1. The molecule has 0 aliphatic carbocycles. The number of hydrogen-bond acceptors (Lipinski definition) is 4. The number of nitrogens with zero attached hydrogens (tertiary/aromatic N) is 3. The first-order chi connectivity index (χ1) is 13.0. The standard InChI is InChI=1S/C21H32N4O2/c1-17-8-10-25(11-9-17)21(27)18(2)24-14-12-23(13-15-24)16-20(26)22-19-6-4-3-5-7-19/h3-7,17-18H,8-16H2,1-2H3,(H,22,26). The molecule has 148 valence electrons. The van der Waals surface area contributed by atoms with Gasteiger partial charge in [0.05, 0.1) is 12.6 Å². The predicted molar refractivity (Wildman–Crippen MR) is 108 cm³/mol. The molecule has 2 saturated heterocycles. The zero-order valence-electron chi connectivity index (χ0n) is 16.6. The third-order valence-electron chi connectivity index (χ3n) is 5.83. The van der Waals surface area contributed by atoms with E-state index >= 15 is 0 Å². The molecule has 1 N–H and O–H groups in total. The Labute approximate surface area is 162 Å². The number of benzene rings is 1. The fraction of sp³-hybridized carbons (Fsp3) is 0.619. The van der Waals surface area contributed by atoms with Gasteiger partial charge in [0.1, 0.15) is 0 Å². The Morgan fingerprint density at radius 3 is 2.30 bits per heavy atom. The molecular weight excluding hydrogens is 340 g/mol. The Bertz CT molecular complexity index is 620. The lowest BCUT2D eigenvalue weighted by atomic mass is 9.98. The van der Waals surface area contributed by atoms with E-state index < -0.39 is 0 Å². The molecule has 2 aliphatic heterocycles. The zero-order valence-corrected chi connectivity index (χ0v) is 16.6. The van der Waals surface area contributed by atoms with Crippen LogP contribution in [0.1, 0.15) is 26.7 Å². The van der Waals surface area contributed by atoms with Crippen LogP contribution < -0.4 is 5.32 Å². The van der Waals surface area contributed by atoms with Gasteiger partial charge in [-0.1, -0.05) is 25.1 Å². The summed E-state index contributed by atoms with van der Waals surface area (Å²) in [6, 6.07) is 9.47. The third-order valence-corrected chi connectivity index (χ3v) is 5.83.